The van der Waals surface area contributed by atoms with E-state index in [4.69, 9.17) is 18.6 Å². The molecule has 0 atom stereocenters. The van der Waals surface area contributed by atoms with Gasteiger partial charge < -0.3 is 29.3 Å². The highest BCUT2D eigenvalue weighted by atomic mass is 16.5. The quantitative estimate of drug-likeness (QED) is 0.634. The van der Waals surface area contributed by atoms with E-state index in [9.17, 15) is 0 Å². The van der Waals surface area contributed by atoms with Gasteiger partial charge in [-0.2, -0.15) is 0 Å². The van der Waals surface area contributed by atoms with Gasteiger partial charge in [0.2, 0.25) is 5.75 Å². The van der Waals surface area contributed by atoms with Crippen LogP contribution in [-0.2, 0) is 6.54 Å². The van der Waals surface area contributed by atoms with Gasteiger partial charge in [0, 0.05) is 23.9 Å². The Morgan fingerprint density at radius 2 is 1.69 bits per heavy atom. The number of ether oxygens (including phenoxy) is 3. The van der Waals surface area contributed by atoms with Gasteiger partial charge in [-0.05, 0) is 12.1 Å². The van der Waals surface area contributed by atoms with Crippen molar-refractivity contribution >= 4 is 17.3 Å². The first-order valence-corrected chi connectivity index (χ1v) is 7.89. The van der Waals surface area contributed by atoms with Crippen molar-refractivity contribution in [1.82, 2.24) is 9.97 Å². The monoisotopic (exact) mass is 356 g/mol. The topological polar surface area (TPSA) is 90.7 Å². The molecule has 0 aliphatic rings. The summed E-state index contributed by atoms with van der Waals surface area (Å²) in [6.07, 6.45) is 3.11. The van der Waals surface area contributed by atoms with Crippen molar-refractivity contribution in [3.63, 3.8) is 0 Å². The molecule has 0 spiro atoms. The summed E-state index contributed by atoms with van der Waals surface area (Å²) in [5.74, 6) is 3.76. The predicted octanol–water partition coefficient (Wildman–Crippen LogP) is 3.45. The third-order valence-corrected chi connectivity index (χ3v) is 3.63. The molecule has 0 unspecified atom stereocenters. The number of nitrogens with one attached hydrogen (secondary N) is 2. The number of anilines is 3. The zero-order valence-electron chi connectivity index (χ0n) is 14.8. The van der Waals surface area contributed by atoms with Gasteiger partial charge in [0.25, 0.3) is 0 Å². The zero-order valence-corrected chi connectivity index (χ0v) is 14.8. The van der Waals surface area contributed by atoms with Gasteiger partial charge in [-0.15, -0.1) is 0 Å². The first kappa shape index (κ1) is 17.4. The largest absolute Gasteiger partial charge is 0.493 e. The van der Waals surface area contributed by atoms with Gasteiger partial charge in [-0.3, -0.25) is 0 Å². The molecule has 3 rings (SSSR count). The van der Waals surface area contributed by atoms with E-state index >= 15 is 0 Å². The molecule has 2 N–H and O–H groups in total. The molecular weight excluding hydrogens is 336 g/mol. The van der Waals surface area contributed by atoms with Gasteiger partial charge in [-0.25, -0.2) is 9.97 Å². The van der Waals surface area contributed by atoms with Crippen molar-refractivity contribution in [2.24, 2.45) is 0 Å². The molecule has 0 fully saturated rings. The first-order chi connectivity index (χ1) is 12.7. The highest BCUT2D eigenvalue weighted by Crippen LogP contribution is 2.40. The maximum Gasteiger partial charge on any atom is 0.203 e. The summed E-state index contributed by atoms with van der Waals surface area (Å²) in [6, 6.07) is 9.14. The molecule has 0 aliphatic heterocycles. The van der Waals surface area contributed by atoms with Crippen LogP contribution in [0, 0.1) is 0 Å². The van der Waals surface area contributed by atoms with Gasteiger partial charge in [0.15, 0.2) is 11.5 Å². The summed E-state index contributed by atoms with van der Waals surface area (Å²) in [7, 11) is 4.71. The van der Waals surface area contributed by atoms with Crippen LogP contribution in [0.5, 0.6) is 17.2 Å². The Morgan fingerprint density at radius 3 is 2.31 bits per heavy atom. The van der Waals surface area contributed by atoms with E-state index < -0.39 is 0 Å². The Kier molecular flexibility index (Phi) is 5.43. The van der Waals surface area contributed by atoms with E-state index in [0.29, 0.717) is 35.4 Å². The summed E-state index contributed by atoms with van der Waals surface area (Å²) in [4.78, 5) is 8.44. The second kappa shape index (κ2) is 8.11. The number of hydrogen-bond donors (Lipinski definition) is 2. The molecule has 0 aliphatic carbocycles. The van der Waals surface area contributed by atoms with Crippen LogP contribution in [0.25, 0.3) is 0 Å². The minimum atomic E-state index is 0.532. The lowest BCUT2D eigenvalue weighted by Crippen LogP contribution is -2.03. The molecule has 3 aromatic rings. The summed E-state index contributed by atoms with van der Waals surface area (Å²) in [6.45, 7) is 0.535. The minimum Gasteiger partial charge on any atom is -0.493 e. The number of furan rings is 1. The third-order valence-electron chi connectivity index (χ3n) is 3.63. The van der Waals surface area contributed by atoms with E-state index in [1.165, 1.54) is 6.33 Å². The van der Waals surface area contributed by atoms with Crippen molar-refractivity contribution in [2.45, 2.75) is 6.54 Å². The van der Waals surface area contributed by atoms with E-state index in [2.05, 4.69) is 20.6 Å². The van der Waals surface area contributed by atoms with Crippen LogP contribution in [-0.4, -0.2) is 31.3 Å². The lowest BCUT2D eigenvalue weighted by molar-refractivity contribution is 0.324. The van der Waals surface area contributed by atoms with Gasteiger partial charge in [0.05, 0.1) is 34.1 Å². The summed E-state index contributed by atoms with van der Waals surface area (Å²) < 4.78 is 21.3. The number of nitrogens with zero attached hydrogens (tertiary/aromatic N) is 2. The Morgan fingerprint density at radius 1 is 0.962 bits per heavy atom. The molecule has 8 heteroatoms. The van der Waals surface area contributed by atoms with Gasteiger partial charge in [0.1, 0.15) is 23.7 Å². The van der Waals surface area contributed by atoms with Crippen LogP contribution in [0.4, 0.5) is 17.3 Å². The summed E-state index contributed by atoms with van der Waals surface area (Å²) in [5.41, 5.74) is 0.746. The standard InChI is InChI=1S/C18H20N4O4/c1-23-14-7-12(8-15(24-2)18(14)25-3)22-17-9-16(20-11-21-17)19-10-13-5-4-6-26-13/h4-9,11H,10H2,1-3H3,(H2,19,20,21,22). The highest BCUT2D eigenvalue weighted by Gasteiger charge is 2.13. The van der Waals surface area contributed by atoms with Crippen molar-refractivity contribution in [2.75, 3.05) is 32.0 Å². The van der Waals surface area contributed by atoms with Crippen LogP contribution in [0.15, 0.2) is 47.3 Å². The van der Waals surface area contributed by atoms with Crippen molar-refractivity contribution in [3.8, 4) is 17.2 Å². The highest BCUT2D eigenvalue weighted by molar-refractivity contribution is 5.67. The Labute approximate surface area is 151 Å². The van der Waals surface area contributed by atoms with Crippen LogP contribution >= 0.6 is 0 Å². The average Bonchev–Trinajstić information content (AvgIpc) is 3.19. The molecule has 0 saturated heterocycles. The SMILES string of the molecule is COc1cc(Nc2cc(NCc3ccco3)ncn2)cc(OC)c1OC. The van der Waals surface area contributed by atoms with E-state index in [1.54, 1.807) is 45.8 Å². The number of rotatable bonds is 8. The average molecular weight is 356 g/mol. The second-order valence-electron chi connectivity index (χ2n) is 5.26. The van der Waals surface area contributed by atoms with Gasteiger partial charge >= 0.3 is 0 Å². The Bertz CT molecular complexity index is 827. The van der Waals surface area contributed by atoms with E-state index in [1.807, 2.05) is 12.1 Å². The number of methoxy groups -OCH3 is 3. The third kappa shape index (κ3) is 3.97. The maximum atomic E-state index is 5.36. The predicted molar refractivity (Wildman–Crippen MR) is 97.4 cm³/mol. The molecule has 0 bridgehead atoms. The second-order valence-corrected chi connectivity index (χ2v) is 5.26. The maximum absolute atomic E-state index is 5.36. The fourth-order valence-corrected chi connectivity index (χ4v) is 2.41. The molecule has 2 aromatic heterocycles. The Hall–Kier alpha value is -3.42. The molecule has 0 amide bonds. The first-order valence-electron chi connectivity index (χ1n) is 7.89. The minimum absolute atomic E-state index is 0.532. The van der Waals surface area contributed by atoms with Crippen LogP contribution < -0.4 is 24.8 Å². The molecule has 26 heavy (non-hydrogen) atoms. The number of hydrogen-bond acceptors (Lipinski definition) is 8. The van der Waals surface area contributed by atoms with Crippen LogP contribution in [0.2, 0.25) is 0 Å². The fourth-order valence-electron chi connectivity index (χ4n) is 2.41. The fraction of sp³-hybridized carbons (Fsp3) is 0.222. The molecule has 0 radical (unpaired) electrons. The zero-order chi connectivity index (χ0) is 18.4. The summed E-state index contributed by atoms with van der Waals surface area (Å²) in [5, 5.41) is 6.39. The van der Waals surface area contributed by atoms with Gasteiger partial charge in [-0.1, -0.05) is 0 Å². The number of aromatic nitrogens is 2. The molecule has 2 heterocycles. The van der Waals surface area contributed by atoms with E-state index in [-0.39, 0.29) is 0 Å². The molecule has 8 nitrogen and oxygen atoms in total. The van der Waals surface area contributed by atoms with E-state index in [0.717, 1.165) is 11.4 Å². The number of benzene rings is 1. The molecule has 136 valence electrons. The molecular formula is C18H20N4O4. The van der Waals surface area contributed by atoms with Crippen molar-refractivity contribution in [1.29, 1.82) is 0 Å². The van der Waals surface area contributed by atoms with Crippen molar-refractivity contribution < 1.29 is 18.6 Å². The lowest BCUT2D eigenvalue weighted by Gasteiger charge is -2.15. The van der Waals surface area contributed by atoms with Crippen LogP contribution in [0.3, 0.4) is 0 Å². The normalized spacial score (nSPS) is 10.3. The Balaban J connectivity index is 1.77. The van der Waals surface area contributed by atoms with Crippen LogP contribution in [0.1, 0.15) is 5.76 Å². The smallest absolute Gasteiger partial charge is 0.203 e. The summed E-state index contributed by atoms with van der Waals surface area (Å²) >= 11 is 0. The molecule has 1 aromatic carbocycles. The van der Waals surface area contributed by atoms with Crippen molar-refractivity contribution in [3.05, 3.63) is 48.7 Å². The molecule has 0 saturated carbocycles. The lowest BCUT2D eigenvalue weighted by atomic mass is 10.2.